The van der Waals surface area contributed by atoms with Crippen LogP contribution in [0.5, 0.6) is 0 Å². The van der Waals surface area contributed by atoms with Crippen LogP contribution in [0, 0.1) is 13.8 Å². The summed E-state index contributed by atoms with van der Waals surface area (Å²) in [5.74, 6) is 0. The van der Waals surface area contributed by atoms with Crippen molar-refractivity contribution in [3.05, 3.63) is 59.5 Å². The second-order valence-electron chi connectivity index (χ2n) is 4.48. The first-order valence-electron chi connectivity index (χ1n) is 8.29. The van der Waals surface area contributed by atoms with E-state index in [1.807, 2.05) is 71.4 Å². The maximum absolute atomic E-state index is 4.21. The van der Waals surface area contributed by atoms with Crippen LogP contribution in [0.25, 0.3) is 15.9 Å². The summed E-state index contributed by atoms with van der Waals surface area (Å²) in [4.78, 5) is 8.35. The van der Waals surface area contributed by atoms with Gasteiger partial charge in [0, 0.05) is 24.2 Å². The molecule has 0 atom stereocenters. The van der Waals surface area contributed by atoms with Crippen LogP contribution in [0.4, 0.5) is 0 Å². The number of hydrogen-bond donors (Lipinski definition) is 0. The van der Waals surface area contributed by atoms with E-state index in [1.54, 1.807) is 22.0 Å². The molecule has 24 heavy (non-hydrogen) atoms. The van der Waals surface area contributed by atoms with Crippen LogP contribution in [-0.4, -0.2) is 19.6 Å². The van der Waals surface area contributed by atoms with Crippen molar-refractivity contribution in [2.45, 2.75) is 41.5 Å². The molecule has 0 aliphatic heterocycles. The summed E-state index contributed by atoms with van der Waals surface area (Å²) < 4.78 is 3.07. The molecule has 4 rings (SSSR count). The summed E-state index contributed by atoms with van der Waals surface area (Å²) in [5.41, 5.74) is 4.48. The first kappa shape index (κ1) is 19.8. The highest BCUT2D eigenvalue weighted by molar-refractivity contribution is 7.17. The number of aromatic nitrogens is 4. The highest BCUT2D eigenvalue weighted by Gasteiger charge is 1.96. The van der Waals surface area contributed by atoms with Crippen molar-refractivity contribution < 1.29 is 0 Å². The summed E-state index contributed by atoms with van der Waals surface area (Å²) >= 11 is 1.75. The quantitative estimate of drug-likeness (QED) is 0.412. The van der Waals surface area contributed by atoms with E-state index < -0.39 is 0 Å². The van der Waals surface area contributed by atoms with Gasteiger partial charge in [-0.3, -0.25) is 4.98 Å². The summed E-state index contributed by atoms with van der Waals surface area (Å²) in [7, 11) is 0. The number of pyridine rings is 1. The molecule has 0 N–H and O–H groups in total. The number of hydrogen-bond acceptors (Lipinski definition) is 4. The summed E-state index contributed by atoms with van der Waals surface area (Å²) in [6.45, 7) is 12.1. The van der Waals surface area contributed by atoms with E-state index in [0.717, 1.165) is 16.7 Å². The first-order chi connectivity index (χ1) is 11.8. The number of fused-ring (bicyclic) bond motifs is 2. The molecular weight excluding hydrogens is 316 g/mol. The van der Waals surface area contributed by atoms with Gasteiger partial charge in [0.15, 0.2) is 5.65 Å². The Balaban J connectivity index is 0.000000199. The van der Waals surface area contributed by atoms with Crippen LogP contribution in [0.1, 0.15) is 38.8 Å². The van der Waals surface area contributed by atoms with Gasteiger partial charge in [0.1, 0.15) is 0 Å². The van der Waals surface area contributed by atoms with Crippen molar-refractivity contribution in [1.82, 2.24) is 19.6 Å². The Morgan fingerprint density at radius 2 is 1.67 bits per heavy atom. The van der Waals surface area contributed by atoms with Crippen molar-refractivity contribution in [3.63, 3.8) is 0 Å². The van der Waals surface area contributed by atoms with Crippen LogP contribution in [0.15, 0.2) is 48.4 Å². The molecule has 0 aromatic carbocycles. The lowest BCUT2D eigenvalue weighted by Crippen LogP contribution is -1.86. The van der Waals surface area contributed by atoms with Crippen LogP contribution < -0.4 is 0 Å². The van der Waals surface area contributed by atoms with E-state index in [9.17, 15) is 0 Å². The molecule has 0 aliphatic carbocycles. The zero-order chi connectivity index (χ0) is 17.9. The molecular formula is C19H26N4S. The molecule has 5 heteroatoms. The van der Waals surface area contributed by atoms with Gasteiger partial charge in [0.2, 0.25) is 0 Å². The molecule has 0 radical (unpaired) electrons. The molecule has 4 nitrogen and oxygen atoms in total. The van der Waals surface area contributed by atoms with Crippen LogP contribution in [-0.2, 0) is 0 Å². The fourth-order valence-electron chi connectivity index (χ4n) is 1.95. The Hall–Kier alpha value is -2.27. The van der Waals surface area contributed by atoms with Gasteiger partial charge in [-0.05, 0) is 43.0 Å². The SMILES string of the molecule is CC.CC.Cc1ccnc2ccsc12.Cc1cnn2cccnc12. The summed E-state index contributed by atoms with van der Waals surface area (Å²) in [6.07, 6.45) is 7.31. The third-order valence-electron chi connectivity index (χ3n) is 3.00. The minimum Gasteiger partial charge on any atom is -0.255 e. The Bertz CT molecular complexity index is 842. The first-order valence-corrected chi connectivity index (χ1v) is 9.17. The van der Waals surface area contributed by atoms with Crippen molar-refractivity contribution in [2.75, 3.05) is 0 Å². The maximum Gasteiger partial charge on any atom is 0.157 e. The van der Waals surface area contributed by atoms with E-state index >= 15 is 0 Å². The summed E-state index contributed by atoms with van der Waals surface area (Å²) in [6, 6.07) is 5.95. The monoisotopic (exact) mass is 342 g/mol. The lowest BCUT2D eigenvalue weighted by atomic mass is 10.3. The molecule has 0 unspecified atom stereocenters. The van der Waals surface area contributed by atoms with E-state index in [4.69, 9.17) is 0 Å². The van der Waals surface area contributed by atoms with E-state index in [0.29, 0.717) is 0 Å². The molecule has 0 saturated heterocycles. The average molecular weight is 343 g/mol. The lowest BCUT2D eigenvalue weighted by molar-refractivity contribution is 0.939. The molecule has 4 aromatic rings. The lowest BCUT2D eigenvalue weighted by Gasteiger charge is -1.90. The van der Waals surface area contributed by atoms with Crippen LogP contribution in [0.2, 0.25) is 0 Å². The number of thiophene rings is 1. The Morgan fingerprint density at radius 3 is 2.33 bits per heavy atom. The predicted octanol–water partition coefficient (Wildman–Crippen LogP) is 5.69. The Kier molecular flexibility index (Phi) is 8.65. The fourth-order valence-corrected chi connectivity index (χ4v) is 2.78. The Morgan fingerprint density at radius 1 is 0.917 bits per heavy atom. The molecule has 0 amide bonds. The highest BCUT2D eigenvalue weighted by atomic mass is 32.1. The average Bonchev–Trinajstić information content (AvgIpc) is 3.28. The van der Waals surface area contributed by atoms with Crippen molar-refractivity contribution in [2.24, 2.45) is 0 Å². The molecule has 0 saturated carbocycles. The summed E-state index contributed by atoms with van der Waals surface area (Å²) in [5, 5.41) is 6.15. The molecule has 128 valence electrons. The van der Waals surface area contributed by atoms with Gasteiger partial charge in [-0.1, -0.05) is 27.7 Å². The zero-order valence-corrected chi connectivity index (χ0v) is 16.1. The maximum atomic E-state index is 4.21. The Labute approximate surface area is 148 Å². The van der Waals surface area contributed by atoms with Crippen molar-refractivity contribution >= 4 is 27.2 Å². The third-order valence-corrected chi connectivity index (χ3v) is 4.04. The van der Waals surface area contributed by atoms with Gasteiger partial charge in [-0.2, -0.15) is 5.10 Å². The van der Waals surface area contributed by atoms with E-state index in [-0.39, 0.29) is 0 Å². The molecule has 0 spiro atoms. The van der Waals surface area contributed by atoms with Crippen LogP contribution in [0.3, 0.4) is 0 Å². The standard InChI is InChI=1S/C8H7NS.C7H7N3.2C2H6/c1-6-2-4-9-7-3-5-10-8(6)7;1-6-5-9-10-4-2-3-8-7(6)10;2*1-2/h2*2-5H,1H3;2*1-2H3. The minimum absolute atomic E-state index is 0.933. The molecule has 0 fully saturated rings. The van der Waals surface area contributed by atoms with E-state index in [1.165, 1.54) is 10.3 Å². The van der Waals surface area contributed by atoms with Gasteiger partial charge in [0.05, 0.1) is 16.4 Å². The number of aryl methyl sites for hydroxylation is 2. The molecule has 4 aromatic heterocycles. The van der Waals surface area contributed by atoms with E-state index in [2.05, 4.69) is 27.4 Å². The third kappa shape index (κ3) is 4.86. The van der Waals surface area contributed by atoms with Crippen molar-refractivity contribution in [1.29, 1.82) is 0 Å². The van der Waals surface area contributed by atoms with Gasteiger partial charge < -0.3 is 0 Å². The predicted molar refractivity (Wildman–Crippen MR) is 105 cm³/mol. The van der Waals surface area contributed by atoms with Crippen LogP contribution >= 0.6 is 11.3 Å². The minimum atomic E-state index is 0.933. The number of rotatable bonds is 0. The van der Waals surface area contributed by atoms with Crippen molar-refractivity contribution in [3.8, 4) is 0 Å². The zero-order valence-electron chi connectivity index (χ0n) is 15.3. The highest BCUT2D eigenvalue weighted by Crippen LogP contribution is 2.21. The second-order valence-corrected chi connectivity index (χ2v) is 5.39. The largest absolute Gasteiger partial charge is 0.255 e. The smallest absolute Gasteiger partial charge is 0.157 e. The van der Waals surface area contributed by atoms with Gasteiger partial charge >= 0.3 is 0 Å². The molecule has 4 heterocycles. The van der Waals surface area contributed by atoms with Gasteiger partial charge in [-0.25, -0.2) is 9.50 Å². The van der Waals surface area contributed by atoms with Gasteiger partial charge in [0.25, 0.3) is 0 Å². The number of nitrogens with zero attached hydrogens (tertiary/aromatic N) is 4. The fraction of sp³-hybridized carbons (Fsp3) is 0.316. The molecule has 0 bridgehead atoms. The topological polar surface area (TPSA) is 43.1 Å². The second kappa shape index (κ2) is 10.5. The normalized spacial score (nSPS) is 9.25. The molecule has 0 aliphatic rings. The van der Waals surface area contributed by atoms with Gasteiger partial charge in [-0.15, -0.1) is 11.3 Å².